The van der Waals surface area contributed by atoms with Gasteiger partial charge >= 0.3 is 0 Å². The molecule has 3 rings (SSSR count). The van der Waals surface area contributed by atoms with Crippen molar-refractivity contribution < 1.29 is 4.79 Å². The van der Waals surface area contributed by atoms with Gasteiger partial charge in [0.15, 0.2) is 0 Å². The summed E-state index contributed by atoms with van der Waals surface area (Å²) in [6, 6.07) is 7.33. The molecule has 0 saturated carbocycles. The third-order valence-electron chi connectivity index (χ3n) is 4.77. The molecule has 2 aromatic rings. The van der Waals surface area contributed by atoms with Gasteiger partial charge in [0.2, 0.25) is 5.91 Å². The number of fused-ring (bicyclic) bond motifs is 1. The van der Waals surface area contributed by atoms with Crippen LogP contribution in [0.3, 0.4) is 0 Å². The van der Waals surface area contributed by atoms with E-state index in [0.29, 0.717) is 23.9 Å². The molecule has 6 heteroatoms. The van der Waals surface area contributed by atoms with Gasteiger partial charge in [-0.05, 0) is 38.3 Å². The molecule has 0 radical (unpaired) electrons. The van der Waals surface area contributed by atoms with Crippen LogP contribution in [-0.4, -0.2) is 39.0 Å². The first-order valence-electron chi connectivity index (χ1n) is 8.57. The van der Waals surface area contributed by atoms with Crippen LogP contribution in [0.4, 0.5) is 0 Å². The molecule has 128 valence electrons. The van der Waals surface area contributed by atoms with Gasteiger partial charge in [-0.15, -0.1) is 0 Å². The molecule has 1 aromatic heterocycles. The van der Waals surface area contributed by atoms with Crippen LogP contribution < -0.4 is 11.3 Å². The Hall–Kier alpha value is -2.21. The SMILES string of the molecule is CC(N)C1CCCCN1C(=O)CCn1cnc2ccccc2c1=O. The second-order valence-corrected chi connectivity index (χ2v) is 6.52. The maximum atomic E-state index is 12.6. The summed E-state index contributed by atoms with van der Waals surface area (Å²) in [6.45, 7) is 3.06. The molecule has 2 heterocycles. The van der Waals surface area contributed by atoms with Gasteiger partial charge in [-0.2, -0.15) is 0 Å². The second-order valence-electron chi connectivity index (χ2n) is 6.52. The minimum absolute atomic E-state index is 0.0284. The van der Waals surface area contributed by atoms with Gasteiger partial charge in [0.25, 0.3) is 5.56 Å². The number of carbonyl (C=O) groups excluding carboxylic acids is 1. The molecule has 2 unspecified atom stereocenters. The van der Waals surface area contributed by atoms with E-state index in [1.807, 2.05) is 30.0 Å². The molecule has 0 bridgehead atoms. The molecular weight excluding hydrogens is 304 g/mol. The standard InChI is InChI=1S/C18H24N4O2/c1-13(19)16-8-4-5-10-22(16)17(23)9-11-21-12-20-15-7-3-2-6-14(15)18(21)24/h2-3,6-7,12-13,16H,4-5,8-11,19H2,1H3. The normalized spacial score (nSPS) is 19.4. The Labute approximate surface area is 141 Å². The maximum absolute atomic E-state index is 12.6. The average Bonchev–Trinajstić information content (AvgIpc) is 2.61. The molecule has 6 nitrogen and oxygen atoms in total. The number of hydrogen-bond donors (Lipinski definition) is 1. The molecule has 0 aliphatic carbocycles. The molecule has 1 fully saturated rings. The molecule has 1 aliphatic heterocycles. The van der Waals surface area contributed by atoms with Crippen molar-refractivity contribution in [3.8, 4) is 0 Å². The van der Waals surface area contributed by atoms with Crippen LogP contribution in [0.1, 0.15) is 32.6 Å². The summed E-state index contributed by atoms with van der Waals surface area (Å²) in [5.41, 5.74) is 6.61. The predicted octanol–water partition coefficient (Wildman–Crippen LogP) is 1.51. The Bertz CT molecular complexity index is 784. The van der Waals surface area contributed by atoms with Crippen molar-refractivity contribution in [2.45, 2.75) is 51.2 Å². The summed E-state index contributed by atoms with van der Waals surface area (Å²) in [5, 5.41) is 0.582. The molecule has 1 aliphatic rings. The third kappa shape index (κ3) is 3.33. The lowest BCUT2D eigenvalue weighted by Gasteiger charge is -2.38. The highest BCUT2D eigenvalue weighted by atomic mass is 16.2. The first-order valence-corrected chi connectivity index (χ1v) is 8.57. The van der Waals surface area contributed by atoms with Gasteiger partial charge in [0, 0.05) is 31.6 Å². The third-order valence-corrected chi connectivity index (χ3v) is 4.77. The van der Waals surface area contributed by atoms with Crippen molar-refractivity contribution in [3.63, 3.8) is 0 Å². The van der Waals surface area contributed by atoms with E-state index in [-0.39, 0.29) is 23.6 Å². The van der Waals surface area contributed by atoms with E-state index in [1.54, 1.807) is 6.07 Å². The summed E-state index contributed by atoms with van der Waals surface area (Å²) in [7, 11) is 0. The van der Waals surface area contributed by atoms with E-state index in [0.717, 1.165) is 25.8 Å². The Kier molecular flexibility index (Phi) is 4.94. The molecule has 1 amide bonds. The number of aromatic nitrogens is 2. The summed E-state index contributed by atoms with van der Waals surface area (Å²) in [4.78, 5) is 31.3. The lowest BCUT2D eigenvalue weighted by Crippen LogP contribution is -2.51. The molecule has 0 spiro atoms. The number of rotatable bonds is 4. The minimum atomic E-state index is -0.101. The lowest BCUT2D eigenvalue weighted by atomic mass is 9.96. The molecule has 1 aromatic carbocycles. The van der Waals surface area contributed by atoms with E-state index in [2.05, 4.69) is 4.98 Å². The Balaban J connectivity index is 1.72. The smallest absolute Gasteiger partial charge is 0.261 e. The molecule has 2 atom stereocenters. The lowest BCUT2D eigenvalue weighted by molar-refractivity contribution is -0.135. The van der Waals surface area contributed by atoms with Crippen LogP contribution in [0.2, 0.25) is 0 Å². The van der Waals surface area contributed by atoms with E-state index in [1.165, 1.54) is 10.9 Å². The van der Waals surface area contributed by atoms with Gasteiger partial charge in [-0.1, -0.05) is 12.1 Å². The van der Waals surface area contributed by atoms with E-state index >= 15 is 0 Å². The first kappa shape index (κ1) is 16.6. The van der Waals surface area contributed by atoms with Crippen molar-refractivity contribution in [1.29, 1.82) is 0 Å². The van der Waals surface area contributed by atoms with Crippen LogP contribution in [0.5, 0.6) is 0 Å². The summed E-state index contributed by atoms with van der Waals surface area (Å²) >= 11 is 0. The fourth-order valence-corrected chi connectivity index (χ4v) is 3.44. The summed E-state index contributed by atoms with van der Waals surface area (Å²) in [5.74, 6) is 0.0667. The number of piperidine rings is 1. The number of nitrogens with zero attached hydrogens (tertiary/aromatic N) is 3. The Morgan fingerprint density at radius 2 is 2.17 bits per heavy atom. The number of carbonyl (C=O) groups is 1. The summed E-state index contributed by atoms with van der Waals surface area (Å²) in [6.07, 6.45) is 4.91. The second kappa shape index (κ2) is 7.13. The van der Waals surface area contributed by atoms with Gasteiger partial charge in [0.05, 0.1) is 17.2 Å². The van der Waals surface area contributed by atoms with E-state index in [4.69, 9.17) is 5.73 Å². The Morgan fingerprint density at radius 3 is 2.96 bits per heavy atom. The first-order chi connectivity index (χ1) is 11.6. The van der Waals surface area contributed by atoms with E-state index in [9.17, 15) is 9.59 Å². The van der Waals surface area contributed by atoms with Crippen LogP contribution in [-0.2, 0) is 11.3 Å². The zero-order valence-corrected chi connectivity index (χ0v) is 14.0. The quantitative estimate of drug-likeness (QED) is 0.922. The fourth-order valence-electron chi connectivity index (χ4n) is 3.44. The maximum Gasteiger partial charge on any atom is 0.261 e. The van der Waals surface area contributed by atoms with Crippen molar-refractivity contribution >= 4 is 16.8 Å². The number of para-hydroxylation sites is 1. The largest absolute Gasteiger partial charge is 0.338 e. The van der Waals surface area contributed by atoms with Gasteiger partial charge in [0.1, 0.15) is 0 Å². The topological polar surface area (TPSA) is 81.2 Å². The number of nitrogens with two attached hydrogens (primary N) is 1. The predicted molar refractivity (Wildman–Crippen MR) is 93.6 cm³/mol. The fraction of sp³-hybridized carbons (Fsp3) is 0.500. The number of amides is 1. The molecule has 1 saturated heterocycles. The molecular formula is C18H24N4O2. The highest BCUT2D eigenvalue weighted by Crippen LogP contribution is 2.20. The van der Waals surface area contributed by atoms with Crippen LogP contribution in [0.25, 0.3) is 10.9 Å². The van der Waals surface area contributed by atoms with Crippen molar-refractivity contribution in [2.24, 2.45) is 5.73 Å². The average molecular weight is 328 g/mol. The van der Waals surface area contributed by atoms with Gasteiger partial charge in [-0.3, -0.25) is 14.2 Å². The van der Waals surface area contributed by atoms with E-state index < -0.39 is 0 Å². The molecule has 24 heavy (non-hydrogen) atoms. The monoisotopic (exact) mass is 328 g/mol. The zero-order chi connectivity index (χ0) is 17.1. The highest BCUT2D eigenvalue weighted by molar-refractivity contribution is 5.78. The number of aryl methyl sites for hydroxylation is 1. The van der Waals surface area contributed by atoms with Crippen molar-refractivity contribution in [3.05, 3.63) is 40.9 Å². The highest BCUT2D eigenvalue weighted by Gasteiger charge is 2.28. The van der Waals surface area contributed by atoms with Gasteiger partial charge < -0.3 is 10.6 Å². The van der Waals surface area contributed by atoms with Crippen LogP contribution in [0, 0.1) is 0 Å². The van der Waals surface area contributed by atoms with Crippen molar-refractivity contribution in [1.82, 2.24) is 14.5 Å². The zero-order valence-electron chi connectivity index (χ0n) is 14.0. The van der Waals surface area contributed by atoms with Crippen LogP contribution >= 0.6 is 0 Å². The number of benzene rings is 1. The van der Waals surface area contributed by atoms with Crippen LogP contribution in [0.15, 0.2) is 35.4 Å². The summed E-state index contributed by atoms with van der Waals surface area (Å²) < 4.78 is 1.52. The molecule has 2 N–H and O–H groups in total. The number of likely N-dealkylation sites (tertiary alicyclic amines) is 1. The Morgan fingerprint density at radius 1 is 1.38 bits per heavy atom. The number of hydrogen-bond acceptors (Lipinski definition) is 4. The van der Waals surface area contributed by atoms with Gasteiger partial charge in [-0.25, -0.2) is 4.98 Å². The minimum Gasteiger partial charge on any atom is -0.338 e. The van der Waals surface area contributed by atoms with Crippen molar-refractivity contribution in [2.75, 3.05) is 6.54 Å².